The molecular weight excluding hydrogens is 220 g/mol. The topological polar surface area (TPSA) is 63.6 Å². The molecule has 15 heavy (non-hydrogen) atoms. The highest BCUT2D eigenvalue weighted by atomic mass is 35.5. The minimum absolute atomic E-state index is 0.154. The number of carbonyl (C=O) groups excluding carboxylic acids is 2. The molecule has 0 bridgehead atoms. The van der Waals surface area contributed by atoms with Crippen LogP contribution in [0.3, 0.4) is 0 Å². The summed E-state index contributed by atoms with van der Waals surface area (Å²) in [6.45, 7) is 1.70. The first-order valence-corrected chi connectivity index (χ1v) is 4.75. The van der Waals surface area contributed by atoms with E-state index in [2.05, 4.69) is 4.74 Å². The molecule has 1 N–H and O–H groups in total. The predicted molar refractivity (Wildman–Crippen MR) is 54.5 cm³/mol. The Morgan fingerprint density at radius 3 is 2.80 bits per heavy atom. The second kappa shape index (κ2) is 4.16. The van der Waals surface area contributed by atoms with E-state index in [4.69, 9.17) is 11.6 Å². The van der Waals surface area contributed by atoms with Crippen LogP contribution < -0.4 is 0 Å². The maximum absolute atomic E-state index is 11.4. The van der Waals surface area contributed by atoms with Gasteiger partial charge in [0.1, 0.15) is 5.38 Å². The Balaban J connectivity index is 3.20. The Labute approximate surface area is 92.2 Å². The van der Waals surface area contributed by atoms with Gasteiger partial charge in [0.2, 0.25) is 5.60 Å². The third-order valence-electron chi connectivity index (χ3n) is 2.20. The monoisotopic (exact) mass is 230 g/mol. The third kappa shape index (κ3) is 1.70. The quantitative estimate of drug-likeness (QED) is 0.557. The van der Waals surface area contributed by atoms with Crippen molar-refractivity contribution in [1.82, 2.24) is 0 Å². The van der Waals surface area contributed by atoms with Gasteiger partial charge >= 0.3 is 5.97 Å². The van der Waals surface area contributed by atoms with E-state index in [1.807, 2.05) is 0 Å². The molecule has 0 amide bonds. The molecule has 1 aliphatic rings. The molecule has 1 aliphatic carbocycles. The van der Waals surface area contributed by atoms with E-state index < -0.39 is 22.7 Å². The molecule has 0 saturated carbocycles. The number of rotatable bonds is 2. The van der Waals surface area contributed by atoms with Crippen molar-refractivity contribution in [2.24, 2.45) is 0 Å². The van der Waals surface area contributed by atoms with E-state index in [-0.39, 0.29) is 5.57 Å². The van der Waals surface area contributed by atoms with Gasteiger partial charge in [0.25, 0.3) is 0 Å². The van der Waals surface area contributed by atoms with E-state index in [1.54, 1.807) is 13.0 Å². The van der Waals surface area contributed by atoms with Crippen LogP contribution in [-0.2, 0) is 14.3 Å². The van der Waals surface area contributed by atoms with Crippen molar-refractivity contribution in [1.29, 1.82) is 0 Å². The van der Waals surface area contributed by atoms with Crippen LogP contribution in [-0.4, -0.2) is 34.9 Å². The molecule has 0 aromatic carbocycles. The van der Waals surface area contributed by atoms with Crippen molar-refractivity contribution >= 4 is 23.4 Å². The molecule has 0 aliphatic heterocycles. The van der Waals surface area contributed by atoms with Crippen molar-refractivity contribution in [2.45, 2.75) is 17.9 Å². The number of aliphatic hydroxyl groups is 1. The Morgan fingerprint density at radius 1 is 1.73 bits per heavy atom. The number of allylic oxidation sites excluding steroid dienone is 2. The summed E-state index contributed by atoms with van der Waals surface area (Å²) in [5.74, 6) is -1.43. The van der Waals surface area contributed by atoms with Gasteiger partial charge in [-0.05, 0) is 13.0 Å². The van der Waals surface area contributed by atoms with Crippen LogP contribution in [0.4, 0.5) is 0 Å². The molecule has 0 heterocycles. The van der Waals surface area contributed by atoms with Gasteiger partial charge in [0, 0.05) is 5.57 Å². The highest BCUT2D eigenvalue weighted by Crippen LogP contribution is 2.34. The lowest BCUT2D eigenvalue weighted by Crippen LogP contribution is -2.48. The fraction of sp³-hybridized carbons (Fsp3) is 0.400. The minimum Gasteiger partial charge on any atom is -0.467 e. The second-order valence-corrected chi connectivity index (χ2v) is 3.56. The fourth-order valence-electron chi connectivity index (χ4n) is 1.42. The van der Waals surface area contributed by atoms with Gasteiger partial charge in [-0.1, -0.05) is 12.2 Å². The average Bonchev–Trinajstić information content (AvgIpc) is 2.44. The first-order valence-electron chi connectivity index (χ1n) is 4.32. The van der Waals surface area contributed by atoms with Crippen LogP contribution in [0.5, 0.6) is 0 Å². The summed E-state index contributed by atoms with van der Waals surface area (Å²) in [6.07, 6.45) is 4.20. The number of ketones is 1. The van der Waals surface area contributed by atoms with Gasteiger partial charge in [0.05, 0.1) is 7.11 Å². The number of hydrogen-bond donors (Lipinski definition) is 1. The lowest BCUT2D eigenvalue weighted by Gasteiger charge is -2.24. The molecule has 0 spiro atoms. The number of methoxy groups -OCH3 is 1. The van der Waals surface area contributed by atoms with E-state index in [1.165, 1.54) is 6.08 Å². The van der Waals surface area contributed by atoms with Crippen LogP contribution in [0.15, 0.2) is 23.8 Å². The van der Waals surface area contributed by atoms with E-state index in [0.29, 0.717) is 0 Å². The highest BCUT2D eigenvalue weighted by Gasteiger charge is 2.53. The molecule has 0 aromatic heterocycles. The zero-order valence-electron chi connectivity index (χ0n) is 8.36. The lowest BCUT2D eigenvalue weighted by atomic mass is 9.95. The van der Waals surface area contributed by atoms with Crippen molar-refractivity contribution in [3.63, 3.8) is 0 Å². The van der Waals surface area contributed by atoms with Gasteiger partial charge in [-0.15, -0.1) is 11.6 Å². The van der Waals surface area contributed by atoms with Gasteiger partial charge < -0.3 is 9.84 Å². The standard InChI is InChI=1S/C10H11ClO4/c1-3-4-6-5-7(12)8(11)10(6,14)9(13)15-2/h3-5,8,14H,1-2H3. The molecular formula is C10H11ClO4. The molecule has 0 radical (unpaired) electrons. The van der Waals surface area contributed by atoms with Crippen molar-refractivity contribution in [3.05, 3.63) is 23.8 Å². The first kappa shape index (κ1) is 11.9. The van der Waals surface area contributed by atoms with Crippen LogP contribution in [0.2, 0.25) is 0 Å². The van der Waals surface area contributed by atoms with Crippen molar-refractivity contribution in [2.75, 3.05) is 7.11 Å². The molecule has 1 rings (SSSR count). The van der Waals surface area contributed by atoms with Crippen LogP contribution in [0.25, 0.3) is 0 Å². The summed E-state index contributed by atoms with van der Waals surface area (Å²) in [5.41, 5.74) is -1.92. The summed E-state index contributed by atoms with van der Waals surface area (Å²) in [7, 11) is 1.12. The Kier molecular flexibility index (Phi) is 3.31. The minimum atomic E-state index is -2.07. The molecule has 2 atom stereocenters. The van der Waals surface area contributed by atoms with Gasteiger partial charge in [-0.3, -0.25) is 4.79 Å². The normalized spacial score (nSPS) is 30.8. The fourth-order valence-corrected chi connectivity index (χ4v) is 1.70. The van der Waals surface area contributed by atoms with Crippen molar-refractivity contribution in [3.8, 4) is 0 Å². The molecule has 5 heteroatoms. The van der Waals surface area contributed by atoms with Gasteiger partial charge in [-0.2, -0.15) is 0 Å². The van der Waals surface area contributed by atoms with Gasteiger partial charge in [-0.25, -0.2) is 4.79 Å². The molecule has 0 fully saturated rings. The van der Waals surface area contributed by atoms with Gasteiger partial charge in [0.15, 0.2) is 5.78 Å². The average molecular weight is 231 g/mol. The predicted octanol–water partition coefficient (Wildman–Crippen LogP) is 0.583. The number of carbonyl (C=O) groups is 2. The SMILES string of the molecule is CC=CC1=CC(=O)C(Cl)C1(O)C(=O)OC. The zero-order valence-corrected chi connectivity index (χ0v) is 9.12. The van der Waals surface area contributed by atoms with Crippen molar-refractivity contribution < 1.29 is 19.4 Å². The Hall–Kier alpha value is -1.13. The maximum Gasteiger partial charge on any atom is 0.344 e. The van der Waals surface area contributed by atoms with E-state index in [0.717, 1.165) is 13.2 Å². The summed E-state index contributed by atoms with van der Waals surface area (Å²) >= 11 is 5.69. The lowest BCUT2D eigenvalue weighted by molar-refractivity contribution is -0.158. The Bertz CT molecular complexity index is 358. The molecule has 82 valence electrons. The van der Waals surface area contributed by atoms with Crippen LogP contribution >= 0.6 is 11.6 Å². The third-order valence-corrected chi connectivity index (χ3v) is 2.73. The number of alkyl halides is 1. The molecule has 2 unspecified atom stereocenters. The Morgan fingerprint density at radius 2 is 2.33 bits per heavy atom. The molecule has 4 nitrogen and oxygen atoms in total. The highest BCUT2D eigenvalue weighted by molar-refractivity contribution is 6.37. The summed E-state index contributed by atoms with van der Waals surface area (Å²) in [6, 6.07) is 0. The summed E-state index contributed by atoms with van der Waals surface area (Å²) < 4.78 is 4.43. The molecule has 0 saturated heterocycles. The number of halogens is 1. The summed E-state index contributed by atoms with van der Waals surface area (Å²) in [4.78, 5) is 22.7. The summed E-state index contributed by atoms with van der Waals surface area (Å²) in [5, 5.41) is 8.72. The smallest absolute Gasteiger partial charge is 0.344 e. The van der Waals surface area contributed by atoms with E-state index >= 15 is 0 Å². The second-order valence-electron chi connectivity index (χ2n) is 3.12. The number of esters is 1. The zero-order chi connectivity index (χ0) is 11.6. The largest absolute Gasteiger partial charge is 0.467 e. The molecule has 0 aromatic rings. The van der Waals surface area contributed by atoms with Crippen LogP contribution in [0.1, 0.15) is 6.92 Å². The number of hydrogen-bond acceptors (Lipinski definition) is 4. The maximum atomic E-state index is 11.4. The first-order chi connectivity index (χ1) is 6.98. The van der Waals surface area contributed by atoms with E-state index in [9.17, 15) is 14.7 Å². The van der Waals surface area contributed by atoms with Crippen LogP contribution in [0, 0.1) is 0 Å². The number of ether oxygens (including phenoxy) is 1.